The van der Waals surface area contributed by atoms with Crippen LogP contribution in [0.15, 0.2) is 54.6 Å². The third-order valence-electron chi connectivity index (χ3n) is 4.61. The highest BCUT2D eigenvalue weighted by Gasteiger charge is 2.42. The van der Waals surface area contributed by atoms with Gasteiger partial charge in [-0.25, -0.2) is 4.79 Å². The number of rotatable bonds is 7. The summed E-state index contributed by atoms with van der Waals surface area (Å²) in [6.45, 7) is 2.18. The zero-order valence-electron chi connectivity index (χ0n) is 14.4. The molecule has 0 aliphatic heterocycles. The van der Waals surface area contributed by atoms with Crippen molar-refractivity contribution in [3.05, 3.63) is 60.2 Å². The summed E-state index contributed by atoms with van der Waals surface area (Å²) in [6.07, 6.45) is 2.08. The number of aliphatic hydroxyl groups excluding tert-OH is 1. The molecule has 0 spiro atoms. The van der Waals surface area contributed by atoms with Gasteiger partial charge in [-0.05, 0) is 43.9 Å². The van der Waals surface area contributed by atoms with Gasteiger partial charge in [0, 0.05) is 11.3 Å². The van der Waals surface area contributed by atoms with Crippen LogP contribution in [0.2, 0.25) is 0 Å². The number of nitrogens with one attached hydrogen (secondary N) is 2. The topological polar surface area (TPSA) is 70.6 Å². The number of hydrogen-bond acceptors (Lipinski definition) is 3. The number of amides is 2. The van der Waals surface area contributed by atoms with Crippen molar-refractivity contribution in [3.63, 3.8) is 0 Å². The Morgan fingerprint density at radius 2 is 1.84 bits per heavy atom. The van der Waals surface area contributed by atoms with E-state index in [1.807, 2.05) is 61.5 Å². The quantitative estimate of drug-likeness (QED) is 0.722. The first kappa shape index (κ1) is 17.3. The summed E-state index contributed by atoms with van der Waals surface area (Å²) in [5, 5.41) is 15.4. The molecule has 3 rings (SSSR count). The summed E-state index contributed by atoms with van der Waals surface area (Å²) >= 11 is 0. The van der Waals surface area contributed by atoms with Gasteiger partial charge in [0.2, 0.25) is 0 Å². The van der Waals surface area contributed by atoms with Crippen molar-refractivity contribution in [1.29, 1.82) is 0 Å². The van der Waals surface area contributed by atoms with Gasteiger partial charge in [-0.1, -0.05) is 36.4 Å². The second-order valence-corrected chi connectivity index (χ2v) is 6.69. The maximum absolute atomic E-state index is 12.4. The van der Waals surface area contributed by atoms with E-state index in [1.165, 1.54) is 0 Å². The van der Waals surface area contributed by atoms with Crippen molar-refractivity contribution in [2.75, 3.05) is 11.9 Å². The molecule has 0 saturated heterocycles. The highest BCUT2D eigenvalue weighted by molar-refractivity contribution is 5.90. The molecule has 2 amide bonds. The predicted octanol–water partition coefficient (Wildman–Crippen LogP) is 3.55. The lowest BCUT2D eigenvalue weighted by molar-refractivity contribution is 0.159. The maximum Gasteiger partial charge on any atom is 0.319 e. The number of urea groups is 1. The summed E-state index contributed by atoms with van der Waals surface area (Å²) in [6, 6.07) is 16.8. The van der Waals surface area contributed by atoms with Crippen LogP contribution in [0.3, 0.4) is 0 Å². The molecular weight excluding hydrogens is 316 g/mol. The SMILES string of the molecule is CC(CO)(NC(=O)Nc1ccccc1COc1ccccc1)C1CC1. The highest BCUT2D eigenvalue weighted by Crippen LogP contribution is 2.39. The maximum atomic E-state index is 12.4. The zero-order valence-corrected chi connectivity index (χ0v) is 14.4. The number of hydrogen-bond donors (Lipinski definition) is 3. The lowest BCUT2D eigenvalue weighted by atomic mass is 9.97. The highest BCUT2D eigenvalue weighted by atomic mass is 16.5. The number of aliphatic hydroxyl groups is 1. The first-order valence-corrected chi connectivity index (χ1v) is 8.56. The van der Waals surface area contributed by atoms with Crippen LogP contribution in [0, 0.1) is 5.92 Å². The number of carbonyl (C=O) groups excluding carboxylic acids is 1. The molecule has 2 aromatic rings. The van der Waals surface area contributed by atoms with E-state index in [9.17, 15) is 9.90 Å². The molecule has 1 saturated carbocycles. The Bertz CT molecular complexity index is 716. The van der Waals surface area contributed by atoms with Crippen LogP contribution in [-0.2, 0) is 6.61 Å². The second kappa shape index (κ2) is 7.57. The van der Waals surface area contributed by atoms with Crippen molar-refractivity contribution in [3.8, 4) is 5.75 Å². The molecule has 0 radical (unpaired) electrons. The molecule has 0 bridgehead atoms. The van der Waals surface area contributed by atoms with E-state index in [4.69, 9.17) is 4.74 Å². The lowest BCUT2D eigenvalue weighted by Gasteiger charge is -2.29. The fourth-order valence-electron chi connectivity index (χ4n) is 2.85. The van der Waals surface area contributed by atoms with Gasteiger partial charge < -0.3 is 20.5 Å². The van der Waals surface area contributed by atoms with Gasteiger partial charge in [-0.2, -0.15) is 0 Å². The third kappa shape index (κ3) is 4.51. The smallest absolute Gasteiger partial charge is 0.319 e. The van der Waals surface area contributed by atoms with Crippen LogP contribution >= 0.6 is 0 Å². The van der Waals surface area contributed by atoms with Crippen LogP contribution in [-0.4, -0.2) is 23.3 Å². The molecule has 5 heteroatoms. The molecule has 1 atom stereocenters. The molecule has 132 valence electrons. The number of benzene rings is 2. The van der Waals surface area contributed by atoms with Gasteiger partial charge >= 0.3 is 6.03 Å². The number of anilines is 1. The fraction of sp³-hybridized carbons (Fsp3) is 0.350. The van der Waals surface area contributed by atoms with Gasteiger partial charge in [0.15, 0.2) is 0 Å². The molecule has 0 heterocycles. The molecule has 1 fully saturated rings. The van der Waals surface area contributed by atoms with E-state index in [1.54, 1.807) is 0 Å². The van der Waals surface area contributed by atoms with E-state index in [-0.39, 0.29) is 12.6 Å². The van der Waals surface area contributed by atoms with Gasteiger partial charge in [-0.15, -0.1) is 0 Å². The Balaban J connectivity index is 1.63. The van der Waals surface area contributed by atoms with E-state index >= 15 is 0 Å². The van der Waals surface area contributed by atoms with Crippen molar-refractivity contribution < 1.29 is 14.6 Å². The number of ether oxygens (including phenoxy) is 1. The molecular formula is C20H24N2O3. The van der Waals surface area contributed by atoms with Crippen molar-refractivity contribution in [2.45, 2.75) is 31.9 Å². The average molecular weight is 340 g/mol. The molecule has 0 aromatic heterocycles. The Labute approximate surface area is 148 Å². The molecule has 1 aliphatic rings. The first-order valence-electron chi connectivity index (χ1n) is 8.56. The van der Waals surface area contributed by atoms with E-state index in [0.29, 0.717) is 18.2 Å². The minimum absolute atomic E-state index is 0.0656. The summed E-state index contributed by atoms with van der Waals surface area (Å²) in [4.78, 5) is 12.4. The Hall–Kier alpha value is -2.53. The molecule has 1 aliphatic carbocycles. The third-order valence-corrected chi connectivity index (χ3v) is 4.61. The molecule has 1 unspecified atom stereocenters. The summed E-state index contributed by atoms with van der Waals surface area (Å²) in [5.74, 6) is 1.13. The van der Waals surface area contributed by atoms with Gasteiger partial charge in [0.1, 0.15) is 12.4 Å². The van der Waals surface area contributed by atoms with E-state index in [2.05, 4.69) is 10.6 Å². The van der Waals surface area contributed by atoms with Crippen LogP contribution in [0.25, 0.3) is 0 Å². The molecule has 25 heavy (non-hydrogen) atoms. The van der Waals surface area contributed by atoms with Crippen molar-refractivity contribution in [1.82, 2.24) is 5.32 Å². The van der Waals surface area contributed by atoms with Gasteiger partial charge in [0.25, 0.3) is 0 Å². The molecule has 3 N–H and O–H groups in total. The normalized spacial score (nSPS) is 15.9. The van der Waals surface area contributed by atoms with Gasteiger partial charge in [0.05, 0.1) is 12.1 Å². The second-order valence-electron chi connectivity index (χ2n) is 6.69. The summed E-state index contributed by atoms with van der Waals surface area (Å²) < 4.78 is 5.77. The fourth-order valence-corrected chi connectivity index (χ4v) is 2.85. The Kier molecular flexibility index (Phi) is 5.24. The van der Waals surface area contributed by atoms with Crippen LogP contribution in [0.4, 0.5) is 10.5 Å². The lowest BCUT2D eigenvalue weighted by Crippen LogP contribution is -2.52. The molecule has 2 aromatic carbocycles. The minimum Gasteiger partial charge on any atom is -0.489 e. The van der Waals surface area contributed by atoms with E-state index in [0.717, 1.165) is 24.2 Å². The predicted molar refractivity (Wildman–Crippen MR) is 97.6 cm³/mol. The number of carbonyl (C=O) groups is 1. The standard InChI is InChI=1S/C20H24N2O3/c1-20(14-23,16-11-12-16)22-19(24)21-18-10-6-5-7-15(18)13-25-17-8-3-2-4-9-17/h2-10,16,23H,11-14H2,1H3,(H2,21,22,24). The largest absolute Gasteiger partial charge is 0.489 e. The van der Waals surface area contributed by atoms with Crippen LogP contribution in [0.1, 0.15) is 25.3 Å². The van der Waals surface area contributed by atoms with Gasteiger partial charge in [-0.3, -0.25) is 0 Å². The number of para-hydroxylation sites is 2. The minimum atomic E-state index is -0.570. The Morgan fingerprint density at radius 3 is 2.52 bits per heavy atom. The summed E-state index contributed by atoms with van der Waals surface area (Å²) in [5.41, 5.74) is 1.02. The van der Waals surface area contributed by atoms with Crippen molar-refractivity contribution >= 4 is 11.7 Å². The van der Waals surface area contributed by atoms with Crippen LogP contribution < -0.4 is 15.4 Å². The monoisotopic (exact) mass is 340 g/mol. The van der Waals surface area contributed by atoms with Crippen LogP contribution in [0.5, 0.6) is 5.75 Å². The average Bonchev–Trinajstić information content (AvgIpc) is 3.47. The first-order chi connectivity index (χ1) is 12.1. The Morgan fingerprint density at radius 1 is 1.16 bits per heavy atom. The van der Waals surface area contributed by atoms with E-state index < -0.39 is 5.54 Å². The zero-order chi connectivity index (χ0) is 17.7. The summed E-state index contributed by atoms with van der Waals surface area (Å²) in [7, 11) is 0. The van der Waals surface area contributed by atoms with Crippen molar-refractivity contribution in [2.24, 2.45) is 5.92 Å². The molecule has 5 nitrogen and oxygen atoms in total.